The van der Waals surface area contributed by atoms with Crippen LogP contribution in [0.4, 0.5) is 0 Å². The first kappa shape index (κ1) is 11.6. The Morgan fingerprint density at radius 1 is 1.24 bits per heavy atom. The summed E-state index contributed by atoms with van der Waals surface area (Å²) in [6, 6.07) is 7.88. The number of para-hydroxylation sites is 1. The summed E-state index contributed by atoms with van der Waals surface area (Å²) in [5.41, 5.74) is 6.64. The fourth-order valence-corrected chi connectivity index (χ4v) is 1.56. The molecule has 17 heavy (non-hydrogen) atoms. The van der Waals surface area contributed by atoms with Crippen molar-refractivity contribution in [2.45, 2.75) is 20.1 Å². The fourth-order valence-electron chi connectivity index (χ4n) is 1.56. The minimum absolute atomic E-state index is 0.383. The van der Waals surface area contributed by atoms with Gasteiger partial charge in [-0.2, -0.15) is 0 Å². The van der Waals surface area contributed by atoms with Crippen LogP contribution >= 0.6 is 0 Å². The van der Waals surface area contributed by atoms with Gasteiger partial charge in [0.2, 0.25) is 0 Å². The van der Waals surface area contributed by atoms with Crippen LogP contribution in [0.1, 0.15) is 17.2 Å². The van der Waals surface area contributed by atoms with Gasteiger partial charge in [0, 0.05) is 7.05 Å². The number of benzene rings is 1. The largest absolute Gasteiger partial charge is 0.485 e. The summed E-state index contributed by atoms with van der Waals surface area (Å²) in [6.45, 7) is 2.79. The van der Waals surface area contributed by atoms with Gasteiger partial charge in [0.15, 0.2) is 5.82 Å². The van der Waals surface area contributed by atoms with Gasteiger partial charge in [-0.3, -0.25) is 0 Å². The van der Waals surface area contributed by atoms with Gasteiger partial charge in [0.25, 0.3) is 0 Å². The number of aryl methyl sites for hydroxylation is 1. The monoisotopic (exact) mass is 232 g/mol. The smallest absolute Gasteiger partial charge is 0.170 e. The zero-order valence-corrected chi connectivity index (χ0v) is 10.1. The van der Waals surface area contributed by atoms with Crippen LogP contribution in [0.3, 0.4) is 0 Å². The lowest BCUT2D eigenvalue weighted by Gasteiger charge is -2.08. The minimum atomic E-state index is 0.383. The van der Waals surface area contributed by atoms with Gasteiger partial charge in [-0.15, -0.1) is 10.2 Å². The molecule has 1 aromatic carbocycles. The molecular weight excluding hydrogens is 216 g/mol. The van der Waals surface area contributed by atoms with Crippen molar-refractivity contribution < 1.29 is 4.74 Å². The van der Waals surface area contributed by atoms with E-state index in [2.05, 4.69) is 10.2 Å². The van der Waals surface area contributed by atoms with E-state index >= 15 is 0 Å². The molecule has 2 N–H and O–H groups in total. The highest BCUT2D eigenvalue weighted by Crippen LogP contribution is 2.17. The summed E-state index contributed by atoms with van der Waals surface area (Å²) in [5.74, 6) is 2.40. The van der Waals surface area contributed by atoms with Crippen molar-refractivity contribution >= 4 is 0 Å². The molecule has 2 rings (SSSR count). The van der Waals surface area contributed by atoms with E-state index in [9.17, 15) is 0 Å². The van der Waals surface area contributed by atoms with E-state index in [1.165, 1.54) is 0 Å². The third-order valence-electron chi connectivity index (χ3n) is 2.69. The topological polar surface area (TPSA) is 66.0 Å². The second kappa shape index (κ2) is 4.97. The zero-order valence-electron chi connectivity index (χ0n) is 10.1. The van der Waals surface area contributed by atoms with Gasteiger partial charge in [-0.25, -0.2) is 0 Å². The standard InChI is InChI=1S/C12H16N4O/c1-9-5-3-4-6-10(9)17-8-12-15-14-11(7-13)16(12)2/h3-6H,7-8,13H2,1-2H3. The summed E-state index contributed by atoms with van der Waals surface area (Å²) in [7, 11) is 1.89. The molecule has 0 unspecified atom stereocenters. The fraction of sp³-hybridized carbons (Fsp3) is 0.333. The molecule has 1 aromatic heterocycles. The molecule has 0 radical (unpaired) electrons. The summed E-state index contributed by atoms with van der Waals surface area (Å²) >= 11 is 0. The van der Waals surface area contributed by atoms with E-state index in [-0.39, 0.29) is 0 Å². The number of nitrogens with two attached hydrogens (primary N) is 1. The van der Waals surface area contributed by atoms with Crippen LogP contribution < -0.4 is 10.5 Å². The molecule has 0 aliphatic carbocycles. The Labute approximate surface area is 100 Å². The van der Waals surface area contributed by atoms with Gasteiger partial charge in [-0.1, -0.05) is 18.2 Å². The molecule has 0 saturated carbocycles. The van der Waals surface area contributed by atoms with Crippen molar-refractivity contribution in [3.63, 3.8) is 0 Å². The van der Waals surface area contributed by atoms with Crippen LogP contribution in [0, 0.1) is 6.92 Å². The van der Waals surface area contributed by atoms with Crippen LogP contribution in [0.25, 0.3) is 0 Å². The van der Waals surface area contributed by atoms with E-state index in [0.29, 0.717) is 13.2 Å². The predicted molar refractivity (Wildman–Crippen MR) is 64.4 cm³/mol. The third kappa shape index (κ3) is 2.45. The highest BCUT2D eigenvalue weighted by Gasteiger charge is 2.08. The number of rotatable bonds is 4. The molecule has 5 nitrogen and oxygen atoms in total. The highest BCUT2D eigenvalue weighted by atomic mass is 16.5. The number of hydrogen-bond acceptors (Lipinski definition) is 4. The summed E-state index contributed by atoms with van der Waals surface area (Å²) in [4.78, 5) is 0. The van der Waals surface area contributed by atoms with Gasteiger partial charge < -0.3 is 15.0 Å². The molecule has 5 heteroatoms. The SMILES string of the molecule is Cc1ccccc1OCc1nnc(CN)n1C. The number of hydrogen-bond donors (Lipinski definition) is 1. The summed E-state index contributed by atoms with van der Waals surface area (Å²) < 4.78 is 7.56. The van der Waals surface area contributed by atoms with E-state index in [0.717, 1.165) is 23.0 Å². The van der Waals surface area contributed by atoms with Crippen LogP contribution in [-0.4, -0.2) is 14.8 Å². The van der Waals surface area contributed by atoms with Gasteiger partial charge in [0.1, 0.15) is 18.2 Å². The maximum Gasteiger partial charge on any atom is 0.170 e. The maximum atomic E-state index is 5.70. The van der Waals surface area contributed by atoms with Crippen molar-refractivity contribution in [2.75, 3.05) is 0 Å². The van der Waals surface area contributed by atoms with Crippen LogP contribution in [-0.2, 0) is 20.2 Å². The Kier molecular flexibility index (Phi) is 3.39. The molecule has 0 atom stereocenters. The highest BCUT2D eigenvalue weighted by molar-refractivity contribution is 5.31. The molecule has 0 saturated heterocycles. The first-order valence-corrected chi connectivity index (χ1v) is 5.48. The Morgan fingerprint density at radius 2 is 1.94 bits per heavy atom. The number of aromatic nitrogens is 3. The van der Waals surface area contributed by atoms with E-state index in [1.54, 1.807) is 0 Å². The third-order valence-corrected chi connectivity index (χ3v) is 2.69. The quantitative estimate of drug-likeness (QED) is 0.859. The second-order valence-electron chi connectivity index (χ2n) is 3.85. The van der Waals surface area contributed by atoms with Crippen LogP contribution in [0.2, 0.25) is 0 Å². The minimum Gasteiger partial charge on any atom is -0.485 e. The molecule has 0 spiro atoms. The Bertz CT molecular complexity index is 507. The zero-order chi connectivity index (χ0) is 12.3. The lowest BCUT2D eigenvalue weighted by molar-refractivity contribution is 0.289. The molecule has 1 heterocycles. The van der Waals surface area contributed by atoms with Gasteiger partial charge >= 0.3 is 0 Å². The molecule has 0 bridgehead atoms. The second-order valence-corrected chi connectivity index (χ2v) is 3.85. The number of ether oxygens (including phenoxy) is 1. The molecule has 0 aliphatic heterocycles. The first-order chi connectivity index (χ1) is 8.22. The molecule has 0 amide bonds. The van der Waals surface area contributed by atoms with Crippen LogP contribution in [0.15, 0.2) is 24.3 Å². The van der Waals surface area contributed by atoms with Crippen molar-refractivity contribution in [3.8, 4) is 5.75 Å². The Morgan fingerprint density at radius 3 is 2.59 bits per heavy atom. The average molecular weight is 232 g/mol. The van der Waals surface area contributed by atoms with Crippen molar-refractivity contribution in [2.24, 2.45) is 12.8 Å². The Balaban J connectivity index is 2.07. The average Bonchev–Trinajstić information content (AvgIpc) is 2.69. The van der Waals surface area contributed by atoms with Gasteiger partial charge in [-0.05, 0) is 18.6 Å². The molecule has 0 fully saturated rings. The summed E-state index contributed by atoms with van der Waals surface area (Å²) in [6.07, 6.45) is 0. The van der Waals surface area contributed by atoms with Crippen LogP contribution in [0.5, 0.6) is 5.75 Å². The van der Waals surface area contributed by atoms with E-state index in [1.807, 2.05) is 42.8 Å². The number of nitrogens with zero attached hydrogens (tertiary/aromatic N) is 3. The Hall–Kier alpha value is -1.88. The lowest BCUT2D eigenvalue weighted by Crippen LogP contribution is -2.09. The summed E-state index contributed by atoms with van der Waals surface area (Å²) in [5, 5.41) is 8.02. The van der Waals surface area contributed by atoms with Gasteiger partial charge in [0.05, 0.1) is 6.54 Å². The maximum absolute atomic E-state index is 5.70. The molecule has 90 valence electrons. The van der Waals surface area contributed by atoms with E-state index < -0.39 is 0 Å². The molecule has 2 aromatic rings. The lowest BCUT2D eigenvalue weighted by atomic mass is 10.2. The normalized spacial score (nSPS) is 10.5. The molecule has 0 aliphatic rings. The molecular formula is C12H16N4O. The predicted octanol–water partition coefficient (Wildman–Crippen LogP) is 1.16. The van der Waals surface area contributed by atoms with E-state index in [4.69, 9.17) is 10.5 Å². The van der Waals surface area contributed by atoms with Crippen molar-refractivity contribution in [1.29, 1.82) is 0 Å². The first-order valence-electron chi connectivity index (χ1n) is 5.48. The van der Waals surface area contributed by atoms with Crippen molar-refractivity contribution in [3.05, 3.63) is 41.5 Å². The van der Waals surface area contributed by atoms with Crippen molar-refractivity contribution in [1.82, 2.24) is 14.8 Å².